The van der Waals surface area contributed by atoms with E-state index in [0.717, 1.165) is 58.2 Å². The van der Waals surface area contributed by atoms with Gasteiger partial charge in [-0.1, -0.05) is 47.5 Å². The van der Waals surface area contributed by atoms with Crippen LogP contribution in [0.1, 0.15) is 99.3 Å². The van der Waals surface area contributed by atoms with Gasteiger partial charge in [0.25, 0.3) is 0 Å². The van der Waals surface area contributed by atoms with Gasteiger partial charge in [0.1, 0.15) is 12.2 Å². The van der Waals surface area contributed by atoms with Crippen molar-refractivity contribution in [2.45, 2.75) is 123 Å². The van der Waals surface area contributed by atoms with Gasteiger partial charge in [0.15, 0.2) is 0 Å². The lowest BCUT2D eigenvalue weighted by Gasteiger charge is -2.64. The molecule has 0 radical (unpaired) electrons. The number of carbonyl (C=O) groups excluding carboxylic acids is 2. The maximum atomic E-state index is 15.0. The van der Waals surface area contributed by atoms with Crippen molar-refractivity contribution in [3.63, 3.8) is 0 Å². The number of likely N-dealkylation sites (N-methyl/N-ethyl adjacent to an activating group) is 1. The summed E-state index contributed by atoms with van der Waals surface area (Å²) in [5.41, 5.74) is 18.5. The van der Waals surface area contributed by atoms with Gasteiger partial charge in [-0.3, -0.25) is 14.5 Å². The third-order valence-electron chi connectivity index (χ3n) is 13.9. The molecular formula is C37H69FN6O4. The highest BCUT2D eigenvalue weighted by molar-refractivity contribution is 5.80. The van der Waals surface area contributed by atoms with Gasteiger partial charge >= 0.3 is 5.97 Å². The zero-order valence-corrected chi connectivity index (χ0v) is 31.1. The summed E-state index contributed by atoms with van der Waals surface area (Å²) in [5, 5.41) is 6.40. The first-order valence-electron chi connectivity index (χ1n) is 19.0. The van der Waals surface area contributed by atoms with Gasteiger partial charge in [-0.2, -0.15) is 4.94 Å². The minimum absolute atomic E-state index is 0.00265. The van der Waals surface area contributed by atoms with Crippen LogP contribution in [0.3, 0.4) is 0 Å². The first kappa shape index (κ1) is 39.4. The molecule has 0 spiro atoms. The van der Waals surface area contributed by atoms with E-state index in [2.05, 4.69) is 50.2 Å². The third kappa shape index (κ3) is 7.61. The molecule has 4 aliphatic carbocycles. The monoisotopic (exact) mass is 681 g/mol. The molecule has 0 aromatic rings. The molecule has 4 saturated carbocycles. The number of hydrogen-bond acceptors (Lipinski definition) is 9. The number of rotatable bonds is 16. The van der Waals surface area contributed by atoms with Crippen molar-refractivity contribution in [2.75, 3.05) is 46.3 Å². The molecule has 0 bridgehead atoms. The summed E-state index contributed by atoms with van der Waals surface area (Å²) >= 11 is 0. The topological polar surface area (TPSA) is 158 Å². The summed E-state index contributed by atoms with van der Waals surface area (Å²) in [4.78, 5) is 34.3. The molecule has 12 atom stereocenters. The smallest absolute Gasteiger partial charge is 0.302 e. The van der Waals surface area contributed by atoms with Gasteiger partial charge in [0, 0.05) is 52.2 Å². The Morgan fingerprint density at radius 1 is 1.04 bits per heavy atom. The molecule has 4 rings (SSSR count). The number of carbonyl (C=O) groups is 2. The molecule has 278 valence electrons. The van der Waals surface area contributed by atoms with Gasteiger partial charge in [-0.15, -0.1) is 0 Å². The highest BCUT2D eigenvalue weighted by Crippen LogP contribution is 2.70. The number of nitrogens with one attached hydrogen (secondary N) is 2. The fraction of sp³-hybridized carbons (Fsp3) is 0.946. The van der Waals surface area contributed by atoms with E-state index in [1.807, 2.05) is 7.05 Å². The number of hydrogen-bond donors (Lipinski definition) is 5. The quantitative estimate of drug-likeness (QED) is 0.153. The second kappa shape index (κ2) is 16.3. The Hall–Kier alpha value is -1.37. The van der Waals surface area contributed by atoms with Gasteiger partial charge in [-0.25, -0.2) is 0 Å². The molecule has 0 aliphatic heterocycles. The van der Waals surface area contributed by atoms with Crippen LogP contribution in [0.25, 0.3) is 0 Å². The van der Waals surface area contributed by atoms with Gasteiger partial charge < -0.3 is 32.6 Å². The molecule has 0 heterocycles. The van der Waals surface area contributed by atoms with Gasteiger partial charge in [-0.05, 0) is 103 Å². The lowest BCUT2D eigenvalue weighted by molar-refractivity contribution is -0.273. The van der Waals surface area contributed by atoms with E-state index in [0.29, 0.717) is 56.7 Å². The molecule has 8 N–H and O–H groups in total. The summed E-state index contributed by atoms with van der Waals surface area (Å²) in [6.45, 7) is 16.7. The van der Waals surface area contributed by atoms with Crippen LogP contribution in [0.5, 0.6) is 0 Å². The van der Waals surface area contributed by atoms with E-state index in [1.54, 1.807) is 0 Å². The molecule has 9 unspecified atom stereocenters. The SMILES string of the molecule is CNCCN(CCN)CCNC(=O)[C@@H](CCCC(C)C)C1(N)C(OC(C)=O)CC2(C)C3CCC4[C@H](C)[C@H](N)CCC4(C)C3C(OF)CC21. The van der Waals surface area contributed by atoms with Crippen molar-refractivity contribution in [3.05, 3.63) is 0 Å². The lowest BCUT2D eigenvalue weighted by Crippen LogP contribution is -2.67. The number of amides is 1. The van der Waals surface area contributed by atoms with Crippen LogP contribution < -0.4 is 27.8 Å². The molecule has 0 aromatic carbocycles. The fourth-order valence-electron chi connectivity index (χ4n) is 11.5. The fourth-order valence-corrected chi connectivity index (χ4v) is 11.5. The van der Waals surface area contributed by atoms with Crippen molar-refractivity contribution < 1.29 is 23.8 Å². The Labute approximate surface area is 289 Å². The van der Waals surface area contributed by atoms with Crippen LogP contribution in [0.2, 0.25) is 0 Å². The molecule has 1 amide bonds. The summed E-state index contributed by atoms with van der Waals surface area (Å²) in [6, 6.07) is 0.156. The van der Waals surface area contributed by atoms with Crippen molar-refractivity contribution in [1.82, 2.24) is 15.5 Å². The van der Waals surface area contributed by atoms with Crippen LogP contribution in [0.15, 0.2) is 0 Å². The largest absolute Gasteiger partial charge is 0.461 e. The minimum atomic E-state index is -1.17. The number of nitrogens with two attached hydrogens (primary N) is 3. The van der Waals surface area contributed by atoms with E-state index >= 15 is 0 Å². The van der Waals surface area contributed by atoms with Crippen molar-refractivity contribution in [2.24, 2.45) is 69.5 Å². The van der Waals surface area contributed by atoms with Gasteiger partial charge in [0.2, 0.25) is 5.91 Å². The highest BCUT2D eigenvalue weighted by atomic mass is 19.3. The number of esters is 1. The van der Waals surface area contributed by atoms with Crippen LogP contribution in [0, 0.1) is 52.3 Å². The van der Waals surface area contributed by atoms with Crippen LogP contribution in [-0.2, 0) is 19.3 Å². The molecule has 4 fully saturated rings. The first-order chi connectivity index (χ1) is 22.7. The minimum Gasteiger partial charge on any atom is -0.461 e. The van der Waals surface area contributed by atoms with Gasteiger partial charge in [0.05, 0.1) is 11.5 Å². The normalized spacial score (nSPS) is 39.9. The summed E-state index contributed by atoms with van der Waals surface area (Å²) in [5.74, 6) is -0.0424. The standard InChI is InChI=1S/C37H69FN6O4/c1-23(2)9-8-10-28(34(46)43-17-20-44(18-15-39)19-16-42-7)37(41)31-21-30(48-38)33-27(36(31,6)22-32(37)47-25(4)45)12-11-26-24(3)29(40)13-14-35(26,33)5/h23-24,26-33,42H,8-22,39-41H2,1-7H3,(H,43,46)/t24-,26?,27?,28+,29+,30?,31?,32?,33?,35?,36?,37?/m0/s1. The molecule has 48 heavy (non-hydrogen) atoms. The third-order valence-corrected chi connectivity index (χ3v) is 13.9. The lowest BCUT2D eigenvalue weighted by atomic mass is 9.41. The summed E-state index contributed by atoms with van der Waals surface area (Å²) in [6.07, 6.45) is 5.81. The molecule has 10 nitrogen and oxygen atoms in total. The maximum Gasteiger partial charge on any atom is 0.302 e. The van der Waals surface area contributed by atoms with Crippen LogP contribution in [0.4, 0.5) is 4.53 Å². The number of fused-ring (bicyclic) bond motifs is 5. The highest BCUT2D eigenvalue weighted by Gasteiger charge is 2.72. The van der Waals surface area contributed by atoms with E-state index in [4.69, 9.17) is 26.9 Å². The molecule has 11 heteroatoms. The zero-order chi connectivity index (χ0) is 35.4. The average molecular weight is 681 g/mol. The Kier molecular flexibility index (Phi) is 13.4. The molecule has 4 aliphatic rings. The van der Waals surface area contributed by atoms with Crippen molar-refractivity contribution in [1.29, 1.82) is 0 Å². The van der Waals surface area contributed by atoms with E-state index < -0.39 is 29.6 Å². The second-order valence-electron chi connectivity index (χ2n) is 17.0. The van der Waals surface area contributed by atoms with E-state index in [1.165, 1.54) is 6.92 Å². The Morgan fingerprint density at radius 3 is 2.35 bits per heavy atom. The zero-order valence-electron chi connectivity index (χ0n) is 31.1. The van der Waals surface area contributed by atoms with E-state index in [-0.39, 0.29) is 40.5 Å². The number of halogens is 1. The predicted molar refractivity (Wildman–Crippen MR) is 188 cm³/mol. The van der Waals surface area contributed by atoms with Crippen molar-refractivity contribution in [3.8, 4) is 0 Å². The predicted octanol–water partition coefficient (Wildman–Crippen LogP) is 3.76. The van der Waals surface area contributed by atoms with E-state index in [9.17, 15) is 14.1 Å². The Balaban J connectivity index is 1.69. The molecule has 0 saturated heterocycles. The number of nitrogens with zero attached hydrogens (tertiary/aromatic N) is 1. The average Bonchev–Trinajstić information content (AvgIpc) is 3.24. The maximum absolute atomic E-state index is 15.0. The van der Waals surface area contributed by atoms with Crippen LogP contribution in [-0.4, -0.2) is 86.9 Å². The Morgan fingerprint density at radius 2 is 1.73 bits per heavy atom. The molecular weight excluding hydrogens is 611 g/mol. The first-order valence-corrected chi connectivity index (χ1v) is 19.0. The Bertz CT molecular complexity index is 1080. The summed E-state index contributed by atoms with van der Waals surface area (Å²) < 4.78 is 21.1. The van der Waals surface area contributed by atoms with Crippen molar-refractivity contribution >= 4 is 11.9 Å². The number of ether oxygens (including phenoxy) is 1. The van der Waals surface area contributed by atoms with Crippen LogP contribution >= 0.6 is 0 Å². The summed E-state index contributed by atoms with van der Waals surface area (Å²) in [7, 11) is 1.92. The second-order valence-corrected chi connectivity index (χ2v) is 17.0. The molecule has 0 aromatic heterocycles.